The lowest BCUT2D eigenvalue weighted by molar-refractivity contribution is -0.142. The lowest BCUT2D eigenvalue weighted by Crippen LogP contribution is -2.33. The van der Waals surface area contributed by atoms with E-state index in [0.717, 1.165) is 12.7 Å². The SMILES string of the molecule is COC(=O)C(N)Cc1cc(I)c(O)c(I)c1.Cl. The molecule has 0 fully saturated rings. The molecule has 1 aromatic carbocycles. The molecule has 3 N–H and O–H groups in total. The van der Waals surface area contributed by atoms with Crippen LogP contribution in [0.2, 0.25) is 0 Å². The molecule has 7 heteroatoms. The van der Waals surface area contributed by atoms with Crippen molar-refractivity contribution in [2.75, 3.05) is 7.11 Å². The molecule has 0 saturated carbocycles. The fraction of sp³-hybridized carbons (Fsp3) is 0.300. The van der Waals surface area contributed by atoms with Gasteiger partial charge in [-0.2, -0.15) is 0 Å². The van der Waals surface area contributed by atoms with Gasteiger partial charge in [0.25, 0.3) is 0 Å². The molecule has 0 aliphatic carbocycles. The molecule has 96 valence electrons. The Kier molecular flexibility index (Phi) is 7.68. The number of aromatic hydroxyl groups is 1. The number of carbonyl (C=O) groups excluding carboxylic acids is 1. The first-order valence-electron chi connectivity index (χ1n) is 4.46. The Morgan fingerprint density at radius 1 is 1.47 bits per heavy atom. The van der Waals surface area contributed by atoms with Crippen LogP contribution in [0.4, 0.5) is 0 Å². The molecular formula is C10H12ClI2NO3. The van der Waals surface area contributed by atoms with Crippen molar-refractivity contribution in [1.82, 2.24) is 0 Å². The number of benzene rings is 1. The summed E-state index contributed by atoms with van der Waals surface area (Å²) in [6, 6.07) is 2.95. The number of carbonyl (C=O) groups is 1. The highest BCUT2D eigenvalue weighted by atomic mass is 127. The molecule has 0 aliphatic rings. The number of nitrogens with two attached hydrogens (primary N) is 1. The number of rotatable bonds is 3. The van der Waals surface area contributed by atoms with Gasteiger partial charge in [0.15, 0.2) is 0 Å². The minimum atomic E-state index is -0.666. The summed E-state index contributed by atoms with van der Waals surface area (Å²) in [6.07, 6.45) is 0.402. The van der Waals surface area contributed by atoms with Crippen molar-refractivity contribution in [1.29, 1.82) is 0 Å². The summed E-state index contributed by atoms with van der Waals surface area (Å²) in [6.45, 7) is 0. The van der Waals surface area contributed by atoms with Gasteiger partial charge in [-0.15, -0.1) is 12.4 Å². The largest absolute Gasteiger partial charge is 0.506 e. The van der Waals surface area contributed by atoms with Crippen LogP contribution in [0.15, 0.2) is 12.1 Å². The number of ether oxygens (including phenoxy) is 1. The number of halogens is 3. The molecule has 0 heterocycles. The summed E-state index contributed by atoms with van der Waals surface area (Å²) >= 11 is 4.07. The number of methoxy groups -OCH3 is 1. The van der Waals surface area contributed by atoms with Crippen molar-refractivity contribution in [3.63, 3.8) is 0 Å². The van der Waals surface area contributed by atoms with Gasteiger partial charge in [0.05, 0.1) is 14.3 Å². The van der Waals surface area contributed by atoms with Gasteiger partial charge in [-0.1, -0.05) is 0 Å². The predicted octanol–water partition coefficient (Wildman–Crippen LogP) is 2.07. The Morgan fingerprint density at radius 2 is 1.94 bits per heavy atom. The molecule has 0 aromatic heterocycles. The van der Waals surface area contributed by atoms with Crippen molar-refractivity contribution in [3.05, 3.63) is 24.8 Å². The van der Waals surface area contributed by atoms with E-state index in [1.807, 2.05) is 45.2 Å². The van der Waals surface area contributed by atoms with E-state index in [1.54, 1.807) is 12.1 Å². The van der Waals surface area contributed by atoms with E-state index in [2.05, 4.69) is 4.74 Å². The van der Waals surface area contributed by atoms with Crippen LogP contribution < -0.4 is 5.73 Å². The van der Waals surface area contributed by atoms with E-state index in [9.17, 15) is 9.90 Å². The Balaban J connectivity index is 0.00000256. The maximum absolute atomic E-state index is 11.2. The minimum Gasteiger partial charge on any atom is -0.506 e. The summed E-state index contributed by atoms with van der Waals surface area (Å²) in [5, 5.41) is 9.58. The van der Waals surface area contributed by atoms with Gasteiger partial charge in [0, 0.05) is 0 Å². The molecule has 0 radical (unpaired) electrons. The number of phenolic OH excluding ortho intramolecular Hbond substituents is 1. The second kappa shape index (κ2) is 7.59. The fourth-order valence-electron chi connectivity index (χ4n) is 1.22. The van der Waals surface area contributed by atoms with Crippen molar-refractivity contribution in [2.24, 2.45) is 5.73 Å². The van der Waals surface area contributed by atoms with Crippen LogP contribution in [0.1, 0.15) is 5.56 Å². The standard InChI is InChI=1S/C10H11I2NO3.ClH/c1-16-10(15)8(13)4-5-2-6(11)9(14)7(12)3-5;/h2-3,8,14H,4,13H2,1H3;1H. The molecular weight excluding hydrogens is 471 g/mol. The Labute approximate surface area is 133 Å². The van der Waals surface area contributed by atoms with Crippen LogP contribution in [-0.4, -0.2) is 24.2 Å². The maximum atomic E-state index is 11.2. The Bertz CT molecular complexity index is 392. The highest BCUT2D eigenvalue weighted by Gasteiger charge is 2.15. The Hall–Kier alpha value is 0.200. The van der Waals surface area contributed by atoms with E-state index in [-0.39, 0.29) is 18.2 Å². The zero-order chi connectivity index (χ0) is 12.3. The van der Waals surface area contributed by atoms with E-state index >= 15 is 0 Å². The van der Waals surface area contributed by atoms with E-state index in [4.69, 9.17) is 5.73 Å². The zero-order valence-corrected chi connectivity index (χ0v) is 14.1. The summed E-state index contributed by atoms with van der Waals surface area (Å²) in [7, 11) is 1.31. The molecule has 1 rings (SSSR count). The van der Waals surface area contributed by atoms with Gasteiger partial charge in [-0.3, -0.25) is 4.79 Å². The van der Waals surface area contributed by atoms with Crippen LogP contribution >= 0.6 is 57.6 Å². The second-order valence-electron chi connectivity index (χ2n) is 3.24. The van der Waals surface area contributed by atoms with Crippen LogP contribution in [-0.2, 0) is 16.0 Å². The normalized spacial score (nSPS) is 11.5. The molecule has 1 aromatic rings. The number of esters is 1. The van der Waals surface area contributed by atoms with Crippen molar-refractivity contribution >= 4 is 63.6 Å². The number of hydrogen-bond acceptors (Lipinski definition) is 4. The topological polar surface area (TPSA) is 72.5 Å². The molecule has 0 amide bonds. The summed E-state index contributed by atoms with van der Waals surface area (Å²) in [4.78, 5) is 11.2. The van der Waals surface area contributed by atoms with Crippen LogP contribution in [0.3, 0.4) is 0 Å². The first kappa shape index (κ1) is 17.2. The van der Waals surface area contributed by atoms with Gasteiger partial charge in [-0.05, 0) is 69.3 Å². The first-order chi connectivity index (χ1) is 7.45. The molecule has 4 nitrogen and oxygen atoms in total. The van der Waals surface area contributed by atoms with Gasteiger partial charge >= 0.3 is 5.97 Å². The van der Waals surface area contributed by atoms with Crippen LogP contribution in [0.5, 0.6) is 5.75 Å². The summed E-state index contributed by atoms with van der Waals surface area (Å²) in [5.41, 5.74) is 6.56. The molecule has 1 atom stereocenters. The molecule has 0 bridgehead atoms. The lowest BCUT2D eigenvalue weighted by Gasteiger charge is -2.10. The number of hydrogen-bond donors (Lipinski definition) is 2. The minimum absolute atomic E-state index is 0. The molecule has 1 unspecified atom stereocenters. The van der Waals surface area contributed by atoms with Gasteiger partial charge < -0.3 is 15.6 Å². The molecule has 17 heavy (non-hydrogen) atoms. The molecule has 0 aliphatic heterocycles. The fourth-order valence-corrected chi connectivity index (χ4v) is 3.12. The van der Waals surface area contributed by atoms with Crippen molar-refractivity contribution in [3.8, 4) is 5.75 Å². The summed E-state index contributed by atoms with van der Waals surface area (Å²) < 4.78 is 6.04. The average Bonchev–Trinajstić information content (AvgIpc) is 2.24. The lowest BCUT2D eigenvalue weighted by atomic mass is 10.1. The maximum Gasteiger partial charge on any atom is 0.322 e. The van der Waals surface area contributed by atoms with Crippen LogP contribution in [0.25, 0.3) is 0 Å². The van der Waals surface area contributed by atoms with Crippen molar-refractivity contribution in [2.45, 2.75) is 12.5 Å². The van der Waals surface area contributed by atoms with Crippen molar-refractivity contribution < 1.29 is 14.6 Å². The second-order valence-corrected chi connectivity index (χ2v) is 5.57. The smallest absolute Gasteiger partial charge is 0.322 e. The highest BCUT2D eigenvalue weighted by molar-refractivity contribution is 14.1. The van der Waals surface area contributed by atoms with E-state index in [0.29, 0.717) is 6.42 Å². The predicted molar refractivity (Wildman–Crippen MR) is 84.5 cm³/mol. The van der Waals surface area contributed by atoms with Gasteiger partial charge in [0.2, 0.25) is 0 Å². The first-order valence-corrected chi connectivity index (χ1v) is 6.61. The molecule has 0 saturated heterocycles. The molecule has 0 spiro atoms. The third kappa shape index (κ3) is 4.76. The zero-order valence-electron chi connectivity index (χ0n) is 8.94. The average molecular weight is 483 g/mol. The van der Waals surface area contributed by atoms with Crippen LogP contribution in [0, 0.1) is 7.14 Å². The monoisotopic (exact) mass is 483 g/mol. The number of phenols is 1. The third-order valence-electron chi connectivity index (χ3n) is 2.04. The highest BCUT2D eigenvalue weighted by Crippen LogP contribution is 2.27. The van der Waals surface area contributed by atoms with E-state index < -0.39 is 12.0 Å². The third-order valence-corrected chi connectivity index (χ3v) is 3.68. The van der Waals surface area contributed by atoms with Gasteiger partial charge in [-0.25, -0.2) is 0 Å². The Morgan fingerprint density at radius 3 is 2.35 bits per heavy atom. The quantitative estimate of drug-likeness (QED) is 0.510. The van der Waals surface area contributed by atoms with E-state index in [1.165, 1.54) is 7.11 Å². The summed E-state index contributed by atoms with van der Waals surface area (Å²) in [5.74, 6) is -0.172. The van der Waals surface area contributed by atoms with Gasteiger partial charge in [0.1, 0.15) is 11.8 Å².